The lowest BCUT2D eigenvalue weighted by atomic mass is 9.90. The van der Waals surface area contributed by atoms with E-state index in [1.165, 1.54) is 121 Å². The third kappa shape index (κ3) is 7.99. The summed E-state index contributed by atoms with van der Waals surface area (Å²) in [7, 11) is 0. The molecule has 75 heavy (non-hydrogen) atoms. The zero-order valence-corrected chi connectivity index (χ0v) is 41.2. The molecule has 0 aliphatic rings. The van der Waals surface area contributed by atoms with Crippen molar-refractivity contribution in [2.24, 2.45) is 0 Å². The molecule has 0 spiro atoms. The molecule has 0 amide bonds. The van der Waals surface area contributed by atoms with Gasteiger partial charge in [-0.3, -0.25) is 0 Å². The van der Waals surface area contributed by atoms with Crippen LogP contribution >= 0.6 is 0 Å². The van der Waals surface area contributed by atoms with E-state index in [1.54, 1.807) is 0 Å². The Morgan fingerprint density at radius 3 is 0.987 bits per heavy atom. The van der Waals surface area contributed by atoms with Crippen molar-refractivity contribution >= 4 is 43.4 Å². The number of nitrogens with zero attached hydrogens (tertiary/aromatic N) is 1. The number of hydrogen-bond donors (Lipinski definition) is 0. The van der Waals surface area contributed by atoms with Crippen LogP contribution in [0.5, 0.6) is 0 Å². The first-order valence-electron chi connectivity index (χ1n) is 25.9. The van der Waals surface area contributed by atoms with Crippen molar-refractivity contribution in [2.75, 3.05) is 0 Å². The lowest BCUT2D eigenvalue weighted by Gasteiger charge is -2.17. The number of fused-ring (bicyclic) bond motifs is 5. The molecule has 0 unspecified atom stereocenters. The molecule has 13 aromatic carbocycles. The second-order valence-electron chi connectivity index (χ2n) is 19.6. The van der Waals surface area contributed by atoms with E-state index in [4.69, 9.17) is 0 Å². The fraction of sp³-hybridized carbons (Fsp3) is 0. The van der Waals surface area contributed by atoms with Crippen molar-refractivity contribution in [3.05, 3.63) is 297 Å². The Labute approximate surface area is 437 Å². The highest BCUT2D eigenvalue weighted by atomic mass is 15.0. The quantitative estimate of drug-likeness (QED) is 0.136. The third-order valence-electron chi connectivity index (χ3n) is 15.2. The van der Waals surface area contributed by atoms with Crippen molar-refractivity contribution in [3.8, 4) is 94.7 Å². The van der Waals surface area contributed by atoms with Gasteiger partial charge in [-0.25, -0.2) is 0 Å². The van der Waals surface area contributed by atoms with E-state index >= 15 is 0 Å². The van der Waals surface area contributed by atoms with Gasteiger partial charge in [-0.05, 0) is 165 Å². The molecule has 1 aromatic heterocycles. The smallest absolute Gasteiger partial charge is 0.0541 e. The van der Waals surface area contributed by atoms with Gasteiger partial charge in [0.25, 0.3) is 0 Å². The molecule has 1 nitrogen and oxygen atoms in total. The molecule has 0 bridgehead atoms. The molecular formula is C74H49N. The Balaban J connectivity index is 1.04. The van der Waals surface area contributed by atoms with Crippen LogP contribution < -0.4 is 0 Å². The summed E-state index contributed by atoms with van der Waals surface area (Å²) in [6.07, 6.45) is 0. The highest BCUT2D eigenvalue weighted by Gasteiger charge is 2.20. The van der Waals surface area contributed by atoms with Gasteiger partial charge in [0, 0.05) is 16.5 Å². The molecule has 0 radical (unpaired) electrons. The molecule has 14 rings (SSSR count). The second kappa shape index (κ2) is 18.7. The van der Waals surface area contributed by atoms with Gasteiger partial charge in [-0.1, -0.05) is 243 Å². The summed E-state index contributed by atoms with van der Waals surface area (Å²) in [4.78, 5) is 0. The molecule has 0 saturated carbocycles. The standard InChI is InChI=1S/C74H49N/c1-5-19-50(20-6-1)56-35-39-67(69(46-56)54-23-9-3-10-24-54)58-37-41-73-71(48-58)72-49-59(68-40-36-57(51-21-7-2-8-22-51)47-70(68)55-25-11-4-12-26-55)38-42-74(72)75(73)62-44-60(65-33-17-29-52-27-13-15-31-63(52)65)43-61(45-62)66-34-18-30-53-28-14-16-32-64(53)66/h1-49H. The summed E-state index contributed by atoms with van der Waals surface area (Å²) in [6, 6.07) is 109. The third-order valence-corrected chi connectivity index (χ3v) is 15.2. The summed E-state index contributed by atoms with van der Waals surface area (Å²) in [6.45, 7) is 0. The topological polar surface area (TPSA) is 4.93 Å². The van der Waals surface area contributed by atoms with Crippen LogP contribution in [0.4, 0.5) is 0 Å². The maximum Gasteiger partial charge on any atom is 0.0541 e. The average molecular weight is 952 g/mol. The van der Waals surface area contributed by atoms with Crippen LogP contribution in [0.1, 0.15) is 0 Å². The van der Waals surface area contributed by atoms with E-state index < -0.39 is 0 Å². The van der Waals surface area contributed by atoms with Gasteiger partial charge >= 0.3 is 0 Å². The Morgan fingerprint density at radius 2 is 0.547 bits per heavy atom. The van der Waals surface area contributed by atoms with Crippen LogP contribution in [0.25, 0.3) is 138 Å². The molecule has 0 N–H and O–H groups in total. The number of hydrogen-bond acceptors (Lipinski definition) is 0. The normalized spacial score (nSPS) is 11.5. The zero-order valence-electron chi connectivity index (χ0n) is 41.2. The first kappa shape index (κ1) is 43.9. The number of rotatable bonds is 9. The summed E-state index contributed by atoms with van der Waals surface area (Å²) in [5.74, 6) is 0. The molecule has 0 atom stereocenters. The molecule has 0 saturated heterocycles. The summed E-state index contributed by atoms with van der Waals surface area (Å²) < 4.78 is 2.51. The van der Waals surface area contributed by atoms with E-state index in [9.17, 15) is 0 Å². The van der Waals surface area contributed by atoms with E-state index in [-0.39, 0.29) is 0 Å². The van der Waals surface area contributed by atoms with Crippen molar-refractivity contribution in [1.29, 1.82) is 0 Å². The molecule has 0 fully saturated rings. The van der Waals surface area contributed by atoms with Gasteiger partial charge in [-0.2, -0.15) is 0 Å². The molecule has 350 valence electrons. The van der Waals surface area contributed by atoms with Crippen molar-refractivity contribution in [3.63, 3.8) is 0 Å². The number of aromatic nitrogens is 1. The molecule has 0 aliphatic heterocycles. The summed E-state index contributed by atoms with van der Waals surface area (Å²) in [5, 5.41) is 7.31. The summed E-state index contributed by atoms with van der Waals surface area (Å²) >= 11 is 0. The maximum atomic E-state index is 2.51. The van der Waals surface area contributed by atoms with Gasteiger partial charge in [0.15, 0.2) is 0 Å². The highest BCUT2D eigenvalue weighted by Crippen LogP contribution is 2.44. The lowest BCUT2D eigenvalue weighted by molar-refractivity contribution is 1.18. The minimum Gasteiger partial charge on any atom is -0.309 e. The first-order valence-corrected chi connectivity index (χ1v) is 25.9. The van der Waals surface area contributed by atoms with Crippen LogP contribution in [0.2, 0.25) is 0 Å². The summed E-state index contributed by atoms with van der Waals surface area (Å²) in [5.41, 5.74) is 22.5. The SMILES string of the molecule is c1ccc(-c2ccc(-c3ccc4c(c3)c3cc(-c5ccc(-c6ccccc6)cc5-c5ccccc5)ccc3n4-c3cc(-c4cccc5ccccc45)cc(-c4cccc5ccccc45)c3)c(-c3ccccc3)c2)cc1. The van der Waals surface area contributed by atoms with E-state index in [0.29, 0.717) is 0 Å². The molecule has 0 aliphatic carbocycles. The van der Waals surface area contributed by atoms with Gasteiger partial charge < -0.3 is 4.57 Å². The van der Waals surface area contributed by atoms with Gasteiger partial charge in [0.05, 0.1) is 11.0 Å². The zero-order chi connectivity index (χ0) is 49.7. The van der Waals surface area contributed by atoms with Crippen molar-refractivity contribution in [1.82, 2.24) is 4.57 Å². The maximum absolute atomic E-state index is 2.51. The Morgan fingerprint density at radius 1 is 0.173 bits per heavy atom. The minimum atomic E-state index is 1.11. The first-order chi connectivity index (χ1) is 37.2. The lowest BCUT2D eigenvalue weighted by Crippen LogP contribution is -1.97. The monoisotopic (exact) mass is 951 g/mol. The van der Waals surface area contributed by atoms with E-state index in [0.717, 1.165) is 16.7 Å². The minimum absolute atomic E-state index is 1.11. The molecule has 14 aromatic rings. The largest absolute Gasteiger partial charge is 0.309 e. The average Bonchev–Trinajstić information content (AvgIpc) is 3.85. The fourth-order valence-corrected chi connectivity index (χ4v) is 11.6. The molecule has 1 heteroatoms. The number of benzene rings is 13. The Bertz CT molecular complexity index is 4140. The van der Waals surface area contributed by atoms with Crippen molar-refractivity contribution < 1.29 is 0 Å². The Hall–Kier alpha value is -9.82. The van der Waals surface area contributed by atoms with Gasteiger partial charge in [0.2, 0.25) is 0 Å². The van der Waals surface area contributed by atoms with Crippen LogP contribution in [0.15, 0.2) is 297 Å². The highest BCUT2D eigenvalue weighted by molar-refractivity contribution is 6.13. The van der Waals surface area contributed by atoms with Crippen LogP contribution in [-0.4, -0.2) is 4.57 Å². The fourth-order valence-electron chi connectivity index (χ4n) is 11.6. The predicted octanol–water partition coefficient (Wildman–Crippen LogP) is 20.4. The second-order valence-corrected chi connectivity index (χ2v) is 19.6. The van der Waals surface area contributed by atoms with Gasteiger partial charge in [-0.15, -0.1) is 0 Å². The Kier molecular flexibility index (Phi) is 10.9. The van der Waals surface area contributed by atoms with E-state index in [2.05, 4.69) is 302 Å². The van der Waals surface area contributed by atoms with Crippen LogP contribution in [0.3, 0.4) is 0 Å². The molecule has 1 heterocycles. The van der Waals surface area contributed by atoms with Crippen LogP contribution in [0, 0.1) is 0 Å². The van der Waals surface area contributed by atoms with Crippen LogP contribution in [-0.2, 0) is 0 Å². The molecular weight excluding hydrogens is 903 g/mol. The van der Waals surface area contributed by atoms with E-state index in [1.807, 2.05) is 0 Å². The predicted molar refractivity (Wildman–Crippen MR) is 319 cm³/mol. The van der Waals surface area contributed by atoms with Crippen molar-refractivity contribution in [2.45, 2.75) is 0 Å². The van der Waals surface area contributed by atoms with Gasteiger partial charge in [0.1, 0.15) is 0 Å².